The zero-order chi connectivity index (χ0) is 18.8. The molecule has 0 aliphatic rings. The fourth-order valence-corrected chi connectivity index (χ4v) is 1.79. The molecule has 0 aliphatic carbocycles. The van der Waals surface area contributed by atoms with Crippen LogP contribution in [0.5, 0.6) is 5.75 Å². The summed E-state index contributed by atoms with van der Waals surface area (Å²) in [5.74, 6) is -2.64. The van der Waals surface area contributed by atoms with E-state index in [1.165, 1.54) is 37.3 Å². The minimum absolute atomic E-state index is 0.0780. The van der Waals surface area contributed by atoms with E-state index >= 15 is 0 Å². The van der Waals surface area contributed by atoms with E-state index in [9.17, 15) is 19.2 Å². The molecular weight excluding hydrogens is 330 g/mol. The summed E-state index contributed by atoms with van der Waals surface area (Å²) in [6, 6.07) is 4.45. The number of hydrogen-bond donors (Lipinski definition) is 2. The first-order valence-corrected chi connectivity index (χ1v) is 7.49. The Bertz CT molecular complexity index is 664. The molecule has 134 valence electrons. The molecule has 1 atom stereocenters. The van der Waals surface area contributed by atoms with E-state index in [0.717, 1.165) is 6.08 Å². The maximum atomic E-state index is 12.1. The van der Waals surface area contributed by atoms with Crippen LogP contribution in [0.25, 0.3) is 0 Å². The normalized spacial score (nSPS) is 11.6. The summed E-state index contributed by atoms with van der Waals surface area (Å²) in [5, 5.41) is 11.5. The van der Waals surface area contributed by atoms with Crippen molar-refractivity contribution in [2.45, 2.75) is 26.3 Å². The van der Waals surface area contributed by atoms with Crippen molar-refractivity contribution >= 4 is 23.8 Å². The predicted molar refractivity (Wildman–Crippen MR) is 87.0 cm³/mol. The van der Waals surface area contributed by atoms with Gasteiger partial charge in [-0.3, -0.25) is 9.59 Å². The molecule has 0 heterocycles. The molecule has 8 heteroatoms. The van der Waals surface area contributed by atoms with Gasteiger partial charge in [0.05, 0.1) is 6.61 Å². The lowest BCUT2D eigenvalue weighted by Crippen LogP contribution is -2.40. The Morgan fingerprint density at radius 2 is 1.84 bits per heavy atom. The van der Waals surface area contributed by atoms with Gasteiger partial charge in [-0.1, -0.05) is 6.08 Å². The highest BCUT2D eigenvalue weighted by atomic mass is 16.5. The van der Waals surface area contributed by atoms with Gasteiger partial charge in [0, 0.05) is 18.6 Å². The minimum Gasteiger partial charge on any atom is -0.480 e. The Kier molecular flexibility index (Phi) is 7.85. The van der Waals surface area contributed by atoms with E-state index in [4.69, 9.17) is 9.84 Å². The molecule has 0 fully saturated rings. The van der Waals surface area contributed by atoms with Crippen molar-refractivity contribution in [3.63, 3.8) is 0 Å². The van der Waals surface area contributed by atoms with E-state index in [-0.39, 0.29) is 24.3 Å². The van der Waals surface area contributed by atoms with Crippen molar-refractivity contribution < 1.29 is 33.8 Å². The van der Waals surface area contributed by atoms with E-state index in [1.807, 2.05) is 0 Å². The van der Waals surface area contributed by atoms with Crippen LogP contribution in [0.2, 0.25) is 0 Å². The topological polar surface area (TPSA) is 119 Å². The van der Waals surface area contributed by atoms with Crippen LogP contribution in [0, 0.1) is 0 Å². The van der Waals surface area contributed by atoms with Crippen LogP contribution >= 0.6 is 0 Å². The maximum absolute atomic E-state index is 12.1. The van der Waals surface area contributed by atoms with Gasteiger partial charge in [0.2, 0.25) is 0 Å². The summed E-state index contributed by atoms with van der Waals surface area (Å²) < 4.78 is 9.52. The first-order valence-electron chi connectivity index (χ1n) is 7.49. The molecular formula is C17H19NO7. The molecule has 8 nitrogen and oxygen atoms in total. The van der Waals surface area contributed by atoms with Crippen molar-refractivity contribution in [1.82, 2.24) is 5.32 Å². The highest BCUT2D eigenvalue weighted by Gasteiger charge is 2.19. The third-order valence-corrected chi connectivity index (χ3v) is 2.89. The van der Waals surface area contributed by atoms with Gasteiger partial charge in [-0.25, -0.2) is 9.59 Å². The molecule has 25 heavy (non-hydrogen) atoms. The maximum Gasteiger partial charge on any atom is 0.330 e. The van der Waals surface area contributed by atoms with Crippen LogP contribution < -0.4 is 10.1 Å². The molecule has 0 aromatic heterocycles. The van der Waals surface area contributed by atoms with Crippen LogP contribution in [0.1, 0.15) is 30.6 Å². The molecule has 0 bridgehead atoms. The van der Waals surface area contributed by atoms with Gasteiger partial charge < -0.3 is 19.9 Å². The second-order valence-corrected chi connectivity index (χ2v) is 4.87. The second kappa shape index (κ2) is 9.86. The molecule has 1 amide bonds. The monoisotopic (exact) mass is 349 g/mol. The van der Waals surface area contributed by atoms with Crippen molar-refractivity contribution in [1.29, 1.82) is 0 Å². The number of esters is 2. The first kappa shape index (κ1) is 19.9. The fraction of sp³-hybridized carbons (Fsp3) is 0.294. The number of aliphatic carboxylic acids is 1. The van der Waals surface area contributed by atoms with Crippen molar-refractivity contribution in [2.24, 2.45) is 0 Å². The average molecular weight is 349 g/mol. The Balaban J connectivity index is 2.68. The molecule has 0 radical (unpaired) electrons. The number of hydrogen-bond acceptors (Lipinski definition) is 6. The van der Waals surface area contributed by atoms with E-state index < -0.39 is 29.9 Å². The number of carbonyl (C=O) groups excluding carboxylic acids is 3. The molecule has 0 spiro atoms. The molecule has 1 aromatic rings. The van der Waals surface area contributed by atoms with Crippen LogP contribution in [0.3, 0.4) is 0 Å². The number of nitrogens with one attached hydrogen (secondary N) is 1. The predicted octanol–water partition coefficient (Wildman–Crippen LogP) is 1.30. The van der Waals surface area contributed by atoms with E-state index in [1.54, 1.807) is 6.92 Å². The van der Waals surface area contributed by atoms with Crippen molar-refractivity contribution in [3.05, 3.63) is 42.0 Å². The lowest BCUT2D eigenvalue weighted by atomic mass is 10.1. The zero-order valence-corrected chi connectivity index (χ0v) is 13.9. The number of rotatable bonds is 8. The molecule has 1 rings (SSSR count). The van der Waals surface area contributed by atoms with Gasteiger partial charge in [0.1, 0.15) is 11.8 Å². The van der Waals surface area contributed by atoms with Gasteiger partial charge >= 0.3 is 17.9 Å². The molecule has 2 N–H and O–H groups in total. The Morgan fingerprint density at radius 1 is 1.20 bits per heavy atom. The third-order valence-electron chi connectivity index (χ3n) is 2.89. The number of benzene rings is 1. The number of amides is 1. The minimum atomic E-state index is -1.24. The number of carbonyl (C=O) groups is 4. The molecule has 0 saturated heterocycles. The SMILES string of the molecule is CCOC(=O)/C=C/C[C@H](NC(=O)c1ccc(OC(C)=O)cc1)C(=O)O. The van der Waals surface area contributed by atoms with Crippen LogP contribution in [0.4, 0.5) is 0 Å². The molecule has 0 unspecified atom stereocenters. The van der Waals surface area contributed by atoms with Crippen LogP contribution in [0.15, 0.2) is 36.4 Å². The standard InChI is InChI=1S/C17H19NO7/c1-3-24-15(20)6-4-5-14(17(22)23)18-16(21)12-7-9-13(10-8-12)25-11(2)19/h4,6-10,14H,3,5H2,1-2H3,(H,18,21)(H,22,23)/b6-4+/t14-/m0/s1. The van der Waals surface area contributed by atoms with Gasteiger partial charge in [-0.15, -0.1) is 0 Å². The number of carboxylic acid groups (broad SMARTS) is 1. The van der Waals surface area contributed by atoms with E-state index in [2.05, 4.69) is 10.1 Å². The van der Waals surface area contributed by atoms with Gasteiger partial charge in [-0.2, -0.15) is 0 Å². The smallest absolute Gasteiger partial charge is 0.330 e. The van der Waals surface area contributed by atoms with Crippen LogP contribution in [-0.4, -0.2) is 41.6 Å². The van der Waals surface area contributed by atoms with Crippen molar-refractivity contribution in [3.8, 4) is 5.75 Å². The summed E-state index contributed by atoms with van der Waals surface area (Å²) in [7, 11) is 0. The van der Waals surface area contributed by atoms with Gasteiger partial charge in [-0.05, 0) is 37.6 Å². The quantitative estimate of drug-likeness (QED) is 0.412. The Hall–Kier alpha value is -3.16. The van der Waals surface area contributed by atoms with Gasteiger partial charge in [0.15, 0.2) is 0 Å². The Labute approximate surface area is 144 Å². The van der Waals surface area contributed by atoms with Crippen LogP contribution in [-0.2, 0) is 19.1 Å². The third kappa shape index (κ3) is 7.30. The lowest BCUT2D eigenvalue weighted by molar-refractivity contribution is -0.139. The summed E-state index contributed by atoms with van der Waals surface area (Å²) in [6.07, 6.45) is 2.35. The summed E-state index contributed by atoms with van der Waals surface area (Å²) in [4.78, 5) is 45.3. The Morgan fingerprint density at radius 3 is 2.36 bits per heavy atom. The fourth-order valence-electron chi connectivity index (χ4n) is 1.79. The summed E-state index contributed by atoms with van der Waals surface area (Å²) in [5.41, 5.74) is 0.205. The van der Waals surface area contributed by atoms with Gasteiger partial charge in [0.25, 0.3) is 5.91 Å². The average Bonchev–Trinajstić information content (AvgIpc) is 2.54. The number of ether oxygens (including phenoxy) is 2. The largest absolute Gasteiger partial charge is 0.480 e. The molecule has 1 aromatic carbocycles. The first-order chi connectivity index (χ1) is 11.8. The highest BCUT2D eigenvalue weighted by Crippen LogP contribution is 2.12. The second-order valence-electron chi connectivity index (χ2n) is 4.87. The summed E-state index contributed by atoms with van der Waals surface area (Å²) in [6.45, 7) is 3.12. The summed E-state index contributed by atoms with van der Waals surface area (Å²) >= 11 is 0. The molecule has 0 saturated carbocycles. The van der Waals surface area contributed by atoms with E-state index in [0.29, 0.717) is 0 Å². The van der Waals surface area contributed by atoms with Crippen molar-refractivity contribution in [2.75, 3.05) is 6.61 Å². The number of carboxylic acids is 1. The lowest BCUT2D eigenvalue weighted by Gasteiger charge is -2.13. The highest BCUT2D eigenvalue weighted by molar-refractivity contribution is 5.96. The molecule has 0 aliphatic heterocycles. The zero-order valence-electron chi connectivity index (χ0n) is 13.9.